The molecule has 1 saturated carbocycles. The van der Waals surface area contributed by atoms with E-state index < -0.39 is 5.91 Å². The number of carbonyl (C=O) groups is 1. The first-order valence-electron chi connectivity index (χ1n) is 8.08. The lowest BCUT2D eigenvalue weighted by atomic mass is 9.77. The van der Waals surface area contributed by atoms with Gasteiger partial charge in [0.2, 0.25) is 5.91 Å². The average molecular weight is 351 g/mol. The zero-order valence-corrected chi connectivity index (χ0v) is 14.3. The molecule has 7 heteroatoms. The second-order valence-corrected chi connectivity index (χ2v) is 7.04. The van der Waals surface area contributed by atoms with E-state index in [2.05, 4.69) is 20.5 Å². The summed E-state index contributed by atoms with van der Waals surface area (Å²) >= 11 is 1.66. The van der Waals surface area contributed by atoms with Crippen molar-refractivity contribution >= 4 is 23.1 Å². The molecule has 3 aromatic rings. The van der Waals surface area contributed by atoms with E-state index in [4.69, 9.17) is 5.73 Å². The van der Waals surface area contributed by atoms with E-state index in [9.17, 15) is 4.79 Å². The van der Waals surface area contributed by atoms with Crippen molar-refractivity contribution in [3.8, 4) is 11.3 Å². The largest absolute Gasteiger partial charge is 0.366 e. The van der Waals surface area contributed by atoms with Crippen LogP contribution < -0.4 is 11.1 Å². The monoisotopic (exact) mass is 351 g/mol. The number of thiazole rings is 1. The molecule has 3 N–H and O–H groups in total. The highest BCUT2D eigenvalue weighted by molar-refractivity contribution is 7.09. The van der Waals surface area contributed by atoms with Crippen LogP contribution in [0.4, 0.5) is 5.82 Å². The summed E-state index contributed by atoms with van der Waals surface area (Å²) in [5, 5.41) is 15.2. The van der Waals surface area contributed by atoms with E-state index in [-0.39, 0.29) is 5.54 Å². The number of benzene rings is 1. The van der Waals surface area contributed by atoms with Crippen molar-refractivity contribution in [2.45, 2.75) is 24.8 Å². The number of anilines is 1. The summed E-state index contributed by atoms with van der Waals surface area (Å²) in [5.41, 5.74) is 7.19. The number of aromatic nitrogens is 3. The highest BCUT2D eigenvalue weighted by atomic mass is 32.1. The number of nitrogens with two attached hydrogens (primary N) is 1. The molecule has 4 rings (SSSR count). The van der Waals surface area contributed by atoms with Crippen LogP contribution in [0.2, 0.25) is 0 Å². The van der Waals surface area contributed by atoms with E-state index in [1.807, 2.05) is 29.8 Å². The maximum absolute atomic E-state index is 11.3. The predicted molar refractivity (Wildman–Crippen MR) is 97.3 cm³/mol. The first-order valence-corrected chi connectivity index (χ1v) is 8.96. The van der Waals surface area contributed by atoms with E-state index >= 15 is 0 Å². The Labute approximate surface area is 149 Å². The molecule has 0 radical (unpaired) electrons. The van der Waals surface area contributed by atoms with Gasteiger partial charge >= 0.3 is 0 Å². The fourth-order valence-electron chi connectivity index (χ4n) is 3.01. The van der Waals surface area contributed by atoms with E-state index in [0.29, 0.717) is 11.3 Å². The fraction of sp³-hybridized carbons (Fsp3) is 0.222. The van der Waals surface area contributed by atoms with Gasteiger partial charge in [0.05, 0.1) is 11.2 Å². The fourth-order valence-corrected chi connectivity index (χ4v) is 3.87. The molecule has 0 atom stereocenters. The Morgan fingerprint density at radius 2 is 2.08 bits per heavy atom. The minimum absolute atomic E-state index is 0.115. The Morgan fingerprint density at radius 3 is 2.68 bits per heavy atom. The summed E-state index contributed by atoms with van der Waals surface area (Å²) in [7, 11) is 0. The molecule has 25 heavy (non-hydrogen) atoms. The number of amides is 1. The minimum atomic E-state index is -0.455. The first kappa shape index (κ1) is 15.7. The number of primary amides is 1. The van der Waals surface area contributed by atoms with Crippen molar-refractivity contribution in [2.24, 2.45) is 5.73 Å². The highest BCUT2D eigenvalue weighted by Gasteiger charge is 2.41. The maximum atomic E-state index is 11.3. The summed E-state index contributed by atoms with van der Waals surface area (Å²) in [4.78, 5) is 15.8. The predicted octanol–water partition coefficient (Wildman–Crippen LogP) is 3.19. The van der Waals surface area contributed by atoms with Crippen molar-refractivity contribution < 1.29 is 4.79 Å². The van der Waals surface area contributed by atoms with Gasteiger partial charge in [0, 0.05) is 22.7 Å². The van der Waals surface area contributed by atoms with Crippen LogP contribution in [0.1, 0.15) is 34.6 Å². The van der Waals surface area contributed by atoms with E-state index in [0.717, 1.165) is 29.2 Å². The average Bonchev–Trinajstić information content (AvgIpc) is 3.13. The lowest BCUT2D eigenvalue weighted by molar-refractivity contribution is 0.100. The Balaban J connectivity index is 1.56. The molecular formula is C18H17N5OS. The summed E-state index contributed by atoms with van der Waals surface area (Å²) in [6, 6.07) is 10.9. The molecular weight excluding hydrogens is 334 g/mol. The topological polar surface area (TPSA) is 93.8 Å². The van der Waals surface area contributed by atoms with Crippen LogP contribution >= 0.6 is 11.3 Å². The molecule has 6 nitrogen and oxygen atoms in total. The van der Waals surface area contributed by atoms with Crippen molar-refractivity contribution in [3.63, 3.8) is 0 Å². The molecule has 0 unspecified atom stereocenters. The van der Waals surface area contributed by atoms with Gasteiger partial charge in [0.1, 0.15) is 10.8 Å². The summed E-state index contributed by atoms with van der Waals surface area (Å²) in [6.07, 6.45) is 5.11. The lowest BCUT2D eigenvalue weighted by Crippen LogP contribution is -2.42. The Hall–Kier alpha value is -2.80. The normalized spacial score (nSPS) is 15.4. The third kappa shape index (κ3) is 2.98. The van der Waals surface area contributed by atoms with Crippen molar-refractivity contribution in [1.82, 2.24) is 15.2 Å². The molecule has 1 amide bonds. The quantitative estimate of drug-likeness (QED) is 0.736. The van der Waals surface area contributed by atoms with Gasteiger partial charge in [-0.05, 0) is 43.5 Å². The van der Waals surface area contributed by atoms with Gasteiger partial charge in [0.25, 0.3) is 0 Å². The van der Waals surface area contributed by atoms with E-state index in [1.54, 1.807) is 29.5 Å². The van der Waals surface area contributed by atoms with Crippen LogP contribution in [0, 0.1) is 0 Å². The zero-order chi connectivity index (χ0) is 17.3. The number of rotatable bonds is 5. The van der Waals surface area contributed by atoms with Gasteiger partial charge in [0.15, 0.2) is 0 Å². The highest BCUT2D eigenvalue weighted by Crippen LogP contribution is 2.44. The molecule has 1 aliphatic rings. The number of hydrogen-bond acceptors (Lipinski definition) is 6. The van der Waals surface area contributed by atoms with Crippen molar-refractivity contribution in [2.75, 3.05) is 5.32 Å². The van der Waals surface area contributed by atoms with Crippen LogP contribution in [0.3, 0.4) is 0 Å². The molecule has 1 aromatic carbocycles. The molecule has 2 heterocycles. The summed E-state index contributed by atoms with van der Waals surface area (Å²) in [6.45, 7) is 0. The van der Waals surface area contributed by atoms with Gasteiger partial charge in [-0.2, -0.15) is 0 Å². The summed E-state index contributed by atoms with van der Waals surface area (Å²) in [5.74, 6) is 0.271. The molecule has 0 spiro atoms. The standard InChI is InChI=1S/C18H17N5OS/c19-16(24)13-4-1-3-12(11-13)14-5-6-15(23-22-14)21-18(7-2-8-18)17-20-9-10-25-17/h1,3-6,9-11H,2,7-8H2,(H2,19,24)(H,21,23). The molecule has 1 fully saturated rings. The second-order valence-electron chi connectivity index (χ2n) is 6.15. The molecule has 126 valence electrons. The third-order valence-corrected chi connectivity index (χ3v) is 5.50. The zero-order valence-electron chi connectivity index (χ0n) is 13.5. The maximum Gasteiger partial charge on any atom is 0.248 e. The van der Waals surface area contributed by atoms with Gasteiger partial charge < -0.3 is 11.1 Å². The van der Waals surface area contributed by atoms with Crippen LogP contribution in [-0.4, -0.2) is 21.1 Å². The number of hydrogen-bond donors (Lipinski definition) is 2. The van der Waals surface area contributed by atoms with Gasteiger partial charge in [-0.3, -0.25) is 4.79 Å². The number of nitrogens with zero attached hydrogens (tertiary/aromatic N) is 3. The van der Waals surface area contributed by atoms with Crippen molar-refractivity contribution in [1.29, 1.82) is 0 Å². The van der Waals surface area contributed by atoms with Crippen molar-refractivity contribution in [3.05, 3.63) is 58.5 Å². The molecule has 2 aromatic heterocycles. The number of nitrogens with one attached hydrogen (secondary N) is 1. The Kier molecular flexibility index (Phi) is 3.93. The lowest BCUT2D eigenvalue weighted by Gasteiger charge is -2.41. The molecule has 1 aliphatic carbocycles. The Morgan fingerprint density at radius 1 is 1.20 bits per heavy atom. The summed E-state index contributed by atoms with van der Waals surface area (Å²) < 4.78 is 0. The van der Waals surface area contributed by atoms with E-state index in [1.165, 1.54) is 6.42 Å². The van der Waals surface area contributed by atoms with Gasteiger partial charge in [-0.1, -0.05) is 12.1 Å². The number of carbonyl (C=O) groups excluding carboxylic acids is 1. The van der Waals surface area contributed by atoms with Gasteiger partial charge in [-0.15, -0.1) is 21.5 Å². The van der Waals surface area contributed by atoms with Crippen LogP contribution in [0.15, 0.2) is 48.0 Å². The molecule has 0 bridgehead atoms. The van der Waals surface area contributed by atoms with Crippen LogP contribution in [-0.2, 0) is 5.54 Å². The first-order chi connectivity index (χ1) is 12.2. The third-order valence-electron chi connectivity index (χ3n) is 4.52. The minimum Gasteiger partial charge on any atom is -0.366 e. The second kappa shape index (κ2) is 6.25. The smallest absolute Gasteiger partial charge is 0.248 e. The molecule has 0 saturated heterocycles. The SMILES string of the molecule is NC(=O)c1cccc(-c2ccc(NC3(c4nccs4)CCC3)nn2)c1. The molecule has 0 aliphatic heterocycles. The van der Waals surface area contributed by atoms with Gasteiger partial charge in [-0.25, -0.2) is 4.98 Å². The van der Waals surface area contributed by atoms with Crippen LogP contribution in [0.5, 0.6) is 0 Å². The Bertz CT molecular complexity index is 888. The van der Waals surface area contributed by atoms with Crippen LogP contribution in [0.25, 0.3) is 11.3 Å².